The molecule has 0 atom stereocenters. The van der Waals surface area contributed by atoms with Gasteiger partial charge in [-0.15, -0.1) is 0 Å². The van der Waals surface area contributed by atoms with Gasteiger partial charge in [0.2, 0.25) is 5.78 Å². The van der Waals surface area contributed by atoms with Crippen molar-refractivity contribution in [2.45, 2.75) is 13.8 Å². The molecule has 3 aromatic carbocycles. The van der Waals surface area contributed by atoms with Crippen molar-refractivity contribution >= 4 is 23.5 Å². The second-order valence-corrected chi connectivity index (χ2v) is 7.11. The van der Waals surface area contributed by atoms with Crippen molar-refractivity contribution in [2.24, 2.45) is 0 Å². The van der Waals surface area contributed by atoms with E-state index >= 15 is 0 Å². The molecule has 7 nitrogen and oxygen atoms in total. The minimum atomic E-state index is -0.514. The highest BCUT2D eigenvalue weighted by molar-refractivity contribution is 6.15. The maximum Gasteiger partial charge on any atom is 0.343 e. The largest absolute Gasteiger partial charge is 0.452 e. The zero-order chi connectivity index (χ0) is 22.1. The Morgan fingerprint density at radius 2 is 1.81 bits per heavy atom. The van der Waals surface area contributed by atoms with E-state index in [1.54, 1.807) is 31.2 Å². The van der Waals surface area contributed by atoms with Gasteiger partial charge in [0.05, 0.1) is 16.1 Å². The van der Waals surface area contributed by atoms with Crippen LogP contribution in [-0.2, 0) is 0 Å². The van der Waals surface area contributed by atoms with Gasteiger partial charge in [-0.3, -0.25) is 14.9 Å². The number of fused-ring (bicyclic) bond motifs is 1. The van der Waals surface area contributed by atoms with Gasteiger partial charge in [0.15, 0.2) is 5.76 Å². The van der Waals surface area contributed by atoms with Crippen molar-refractivity contribution in [3.8, 4) is 11.5 Å². The van der Waals surface area contributed by atoms with Crippen LogP contribution >= 0.6 is 0 Å². The fraction of sp³-hybridized carbons (Fsp3) is 0.0833. The quantitative estimate of drug-likeness (QED) is 0.195. The van der Waals surface area contributed by atoms with E-state index in [1.165, 1.54) is 30.3 Å². The Bertz CT molecular complexity index is 1260. The van der Waals surface area contributed by atoms with Gasteiger partial charge in [-0.25, -0.2) is 4.79 Å². The Labute approximate surface area is 177 Å². The molecular weight excluding hydrogens is 398 g/mol. The molecule has 7 heteroatoms. The summed E-state index contributed by atoms with van der Waals surface area (Å²) >= 11 is 0. The number of ketones is 1. The lowest BCUT2D eigenvalue weighted by Gasteiger charge is -2.10. The van der Waals surface area contributed by atoms with Crippen molar-refractivity contribution in [2.75, 3.05) is 0 Å². The van der Waals surface area contributed by atoms with Gasteiger partial charge in [0, 0.05) is 17.7 Å². The van der Waals surface area contributed by atoms with Gasteiger partial charge < -0.3 is 9.47 Å². The lowest BCUT2D eigenvalue weighted by Crippen LogP contribution is -2.09. The molecule has 4 rings (SSSR count). The first-order valence-corrected chi connectivity index (χ1v) is 9.44. The van der Waals surface area contributed by atoms with Crippen molar-refractivity contribution in [3.05, 3.63) is 104 Å². The number of benzene rings is 3. The standard InChI is InChI=1S/C24H17NO6/c1-14-6-8-17(9-7-14)24(27)31-20-11-10-19-22(26)21(30-23(19)15(20)2)13-16-4-3-5-18(12-16)25(28)29/h3-13H,1-2H3/b21-13-. The van der Waals surface area contributed by atoms with Crippen LogP contribution in [-0.4, -0.2) is 16.7 Å². The van der Waals surface area contributed by atoms with E-state index in [0.717, 1.165) is 5.56 Å². The molecule has 154 valence electrons. The maximum atomic E-state index is 12.7. The number of rotatable bonds is 4. The molecule has 1 heterocycles. The first kappa shape index (κ1) is 20.0. The molecule has 1 aliphatic rings. The molecule has 0 radical (unpaired) electrons. The van der Waals surface area contributed by atoms with Crippen molar-refractivity contribution in [1.82, 2.24) is 0 Å². The van der Waals surface area contributed by atoms with E-state index in [-0.39, 0.29) is 23.0 Å². The van der Waals surface area contributed by atoms with Crippen LogP contribution in [0.3, 0.4) is 0 Å². The van der Waals surface area contributed by atoms with Crippen molar-refractivity contribution in [1.29, 1.82) is 0 Å². The monoisotopic (exact) mass is 415 g/mol. The second kappa shape index (κ2) is 7.87. The van der Waals surface area contributed by atoms with Gasteiger partial charge in [0.1, 0.15) is 11.5 Å². The molecule has 1 aliphatic heterocycles. The molecular formula is C24H17NO6. The highest BCUT2D eigenvalue weighted by Gasteiger charge is 2.30. The van der Waals surface area contributed by atoms with E-state index < -0.39 is 10.9 Å². The topological polar surface area (TPSA) is 95.7 Å². The number of hydrogen-bond donors (Lipinski definition) is 0. The number of hydrogen-bond acceptors (Lipinski definition) is 6. The van der Waals surface area contributed by atoms with Gasteiger partial charge in [0.25, 0.3) is 5.69 Å². The van der Waals surface area contributed by atoms with E-state index in [2.05, 4.69) is 0 Å². The Morgan fingerprint density at radius 3 is 2.52 bits per heavy atom. The average molecular weight is 415 g/mol. The number of ether oxygens (including phenoxy) is 2. The second-order valence-electron chi connectivity index (χ2n) is 7.11. The molecule has 0 saturated carbocycles. The smallest absolute Gasteiger partial charge is 0.343 e. The van der Waals surface area contributed by atoms with Crippen LogP contribution in [0.15, 0.2) is 66.4 Å². The van der Waals surface area contributed by atoms with Crippen LogP contribution in [0.4, 0.5) is 5.69 Å². The predicted molar refractivity (Wildman–Crippen MR) is 113 cm³/mol. The third-order valence-corrected chi connectivity index (χ3v) is 4.91. The summed E-state index contributed by atoms with van der Waals surface area (Å²) in [5, 5.41) is 11.0. The number of Topliss-reactive ketones (excluding diaryl/α,β-unsaturated/α-hetero) is 1. The van der Waals surface area contributed by atoms with Gasteiger partial charge in [-0.05, 0) is 49.8 Å². The number of nitrogens with zero attached hydrogens (tertiary/aromatic N) is 1. The molecule has 31 heavy (non-hydrogen) atoms. The zero-order valence-electron chi connectivity index (χ0n) is 16.7. The summed E-state index contributed by atoms with van der Waals surface area (Å²) in [5.74, 6) is -0.231. The first-order valence-electron chi connectivity index (χ1n) is 9.44. The lowest BCUT2D eigenvalue weighted by atomic mass is 10.1. The number of carbonyl (C=O) groups is 2. The Kier molecular flexibility index (Phi) is 5.09. The van der Waals surface area contributed by atoms with Crippen LogP contribution in [0.2, 0.25) is 0 Å². The SMILES string of the molecule is Cc1ccc(C(=O)Oc2ccc3c(c2C)O/C(=C\c2cccc([N+](=O)[O-])c2)C3=O)cc1. The summed E-state index contributed by atoms with van der Waals surface area (Å²) in [6.07, 6.45) is 1.45. The highest BCUT2D eigenvalue weighted by Crippen LogP contribution is 2.39. The average Bonchev–Trinajstić information content (AvgIpc) is 3.07. The number of non-ortho nitro benzene ring substituents is 1. The van der Waals surface area contributed by atoms with Crippen molar-refractivity contribution < 1.29 is 24.0 Å². The van der Waals surface area contributed by atoms with Crippen LogP contribution in [0, 0.1) is 24.0 Å². The normalized spacial score (nSPS) is 13.6. The minimum Gasteiger partial charge on any atom is -0.452 e. The fourth-order valence-corrected chi connectivity index (χ4v) is 3.21. The molecule has 0 amide bonds. The van der Waals surface area contributed by atoms with Gasteiger partial charge in [-0.1, -0.05) is 29.8 Å². The molecule has 0 spiro atoms. The van der Waals surface area contributed by atoms with Crippen LogP contribution in [0.1, 0.15) is 37.4 Å². The molecule has 0 fully saturated rings. The number of esters is 1. The summed E-state index contributed by atoms with van der Waals surface area (Å²) in [7, 11) is 0. The third kappa shape index (κ3) is 3.93. The maximum absolute atomic E-state index is 12.7. The van der Waals surface area contributed by atoms with Crippen LogP contribution < -0.4 is 9.47 Å². The summed E-state index contributed by atoms with van der Waals surface area (Å²) in [5.41, 5.74) is 2.67. The summed E-state index contributed by atoms with van der Waals surface area (Å²) < 4.78 is 11.3. The van der Waals surface area contributed by atoms with E-state index in [4.69, 9.17) is 9.47 Å². The number of carbonyl (C=O) groups excluding carboxylic acids is 2. The first-order chi connectivity index (χ1) is 14.8. The van der Waals surface area contributed by atoms with E-state index in [9.17, 15) is 19.7 Å². The molecule has 0 N–H and O–H groups in total. The van der Waals surface area contributed by atoms with Crippen LogP contribution in [0.25, 0.3) is 6.08 Å². The summed E-state index contributed by atoms with van der Waals surface area (Å²) in [6, 6.07) is 16.0. The highest BCUT2D eigenvalue weighted by atomic mass is 16.6. The molecule has 0 aliphatic carbocycles. The third-order valence-electron chi connectivity index (χ3n) is 4.91. The predicted octanol–water partition coefficient (Wildman–Crippen LogP) is 5.05. The van der Waals surface area contributed by atoms with Crippen molar-refractivity contribution in [3.63, 3.8) is 0 Å². The number of nitro groups is 1. The zero-order valence-corrected chi connectivity index (χ0v) is 16.7. The molecule has 0 unspecified atom stereocenters. The summed E-state index contributed by atoms with van der Waals surface area (Å²) in [4.78, 5) is 35.6. The Hall–Kier alpha value is -4.26. The van der Waals surface area contributed by atoms with Gasteiger partial charge in [-0.2, -0.15) is 0 Å². The Morgan fingerprint density at radius 1 is 1.06 bits per heavy atom. The fourth-order valence-electron chi connectivity index (χ4n) is 3.21. The number of allylic oxidation sites excluding steroid dienone is 1. The number of nitro benzene ring substituents is 1. The Balaban J connectivity index is 1.61. The molecule has 0 saturated heterocycles. The van der Waals surface area contributed by atoms with Crippen LogP contribution in [0.5, 0.6) is 11.5 Å². The van der Waals surface area contributed by atoms with E-state index in [1.807, 2.05) is 19.1 Å². The lowest BCUT2D eigenvalue weighted by molar-refractivity contribution is -0.384. The molecule has 0 bridgehead atoms. The van der Waals surface area contributed by atoms with Gasteiger partial charge >= 0.3 is 5.97 Å². The minimum absolute atomic E-state index is 0.0422. The molecule has 3 aromatic rings. The van der Waals surface area contributed by atoms with E-state index in [0.29, 0.717) is 28.0 Å². The number of aryl methyl sites for hydroxylation is 1. The summed E-state index contributed by atoms with van der Waals surface area (Å²) in [6.45, 7) is 3.62. The molecule has 0 aromatic heterocycles.